The number of unbranched alkanes of at least 4 members (excludes halogenated alkanes) is 30. The van der Waals surface area contributed by atoms with E-state index in [1.54, 1.807) is 0 Å². The number of hydrogen-bond donors (Lipinski definition) is 2. The first-order valence-electron chi connectivity index (χ1n) is 21.4. The van der Waals surface area contributed by atoms with Gasteiger partial charge in [-0.2, -0.15) is 0 Å². The topological polar surface area (TPSA) is 46.9 Å². The number of aliphatic hydroxyl groups excluding tert-OH is 2. The van der Waals surface area contributed by atoms with Crippen molar-refractivity contribution in [3.8, 4) is 0 Å². The molecule has 2 N–H and O–H groups in total. The second kappa shape index (κ2) is 39.3. The largest absolute Gasteiger partial charge is 0.395 e. The maximum Gasteiger partial charge on any atom is 0.0595 e. The minimum absolute atomic E-state index is 0.163. The first-order chi connectivity index (χ1) is 22.7. The Balaban J connectivity index is 3.96. The van der Waals surface area contributed by atoms with Gasteiger partial charge < -0.3 is 10.2 Å². The number of aliphatic hydroxyl groups is 2. The van der Waals surface area contributed by atoms with E-state index in [1.165, 1.54) is 205 Å². The van der Waals surface area contributed by atoms with E-state index in [0.29, 0.717) is 13.1 Å². The Kier molecular flexibility index (Phi) is 39.1. The third-order valence-corrected chi connectivity index (χ3v) is 10.4. The molecule has 0 aromatic heterocycles. The first kappa shape index (κ1) is 45.8. The van der Waals surface area contributed by atoms with Crippen molar-refractivity contribution in [2.45, 2.75) is 232 Å². The second-order valence-electron chi connectivity index (χ2n) is 14.8. The fourth-order valence-corrected chi connectivity index (χ4v) is 7.18. The number of nitrogens with zero attached hydrogens (tertiary/aromatic N) is 2. The molecule has 1 unspecified atom stereocenters. The molecule has 0 aromatic carbocycles. The first-order valence-corrected chi connectivity index (χ1v) is 21.4. The third-order valence-electron chi connectivity index (χ3n) is 10.4. The van der Waals surface area contributed by atoms with E-state index in [-0.39, 0.29) is 19.4 Å². The van der Waals surface area contributed by atoms with Crippen molar-refractivity contribution in [3.63, 3.8) is 0 Å². The lowest BCUT2D eigenvalue weighted by Gasteiger charge is -2.37. The predicted octanol–water partition coefficient (Wildman–Crippen LogP) is 12.4. The van der Waals surface area contributed by atoms with Crippen molar-refractivity contribution < 1.29 is 10.2 Å². The van der Waals surface area contributed by atoms with Crippen LogP contribution in [0.1, 0.15) is 226 Å². The van der Waals surface area contributed by atoms with Crippen molar-refractivity contribution in [2.75, 3.05) is 39.4 Å². The van der Waals surface area contributed by atoms with Gasteiger partial charge in [-0.25, -0.2) is 0 Å². The van der Waals surface area contributed by atoms with Crippen LogP contribution >= 0.6 is 0 Å². The molecule has 0 saturated heterocycles. The molecule has 278 valence electrons. The highest BCUT2D eigenvalue weighted by molar-refractivity contribution is 4.71. The van der Waals surface area contributed by atoms with Crippen molar-refractivity contribution in [2.24, 2.45) is 0 Å². The van der Waals surface area contributed by atoms with E-state index < -0.39 is 0 Å². The van der Waals surface area contributed by atoms with Crippen molar-refractivity contribution in [1.82, 2.24) is 9.80 Å². The van der Waals surface area contributed by atoms with Crippen LogP contribution in [0.3, 0.4) is 0 Å². The Hall–Kier alpha value is -0.160. The molecule has 4 heteroatoms. The van der Waals surface area contributed by atoms with Gasteiger partial charge in [-0.3, -0.25) is 9.80 Å². The van der Waals surface area contributed by atoms with Crippen molar-refractivity contribution in [1.29, 1.82) is 0 Å². The normalized spacial score (nSPS) is 12.6. The van der Waals surface area contributed by atoms with Crippen LogP contribution in [0.5, 0.6) is 0 Å². The zero-order valence-corrected chi connectivity index (χ0v) is 32.2. The van der Waals surface area contributed by atoms with Crippen molar-refractivity contribution in [3.05, 3.63) is 0 Å². The lowest BCUT2D eigenvalue weighted by Crippen LogP contribution is -2.49. The Morgan fingerprint density at radius 3 is 0.717 bits per heavy atom. The maximum absolute atomic E-state index is 9.60. The number of hydrogen-bond acceptors (Lipinski definition) is 4. The average molecular weight is 653 g/mol. The summed E-state index contributed by atoms with van der Waals surface area (Å²) < 4.78 is 0. The Bertz CT molecular complexity index is 504. The maximum atomic E-state index is 9.60. The van der Waals surface area contributed by atoms with Crippen LogP contribution in [0, 0.1) is 0 Å². The highest BCUT2D eigenvalue weighted by Gasteiger charge is 2.20. The summed E-state index contributed by atoms with van der Waals surface area (Å²) in [4.78, 5) is 4.90. The summed E-state index contributed by atoms with van der Waals surface area (Å²) in [5.74, 6) is 0. The standard InChI is InChI=1S/C42H88N2O2/c1-4-6-8-10-12-14-16-18-20-22-24-26-28-30-32-34-36-43(42(3)44(38-40-45)39-41-46)37-35-33-31-29-27-25-23-21-19-17-15-13-11-9-7-5-2/h42,45-46H,4-41H2,1-3H3. The molecule has 4 nitrogen and oxygen atoms in total. The van der Waals surface area contributed by atoms with Gasteiger partial charge in [0.05, 0.1) is 19.4 Å². The average Bonchev–Trinajstić information content (AvgIpc) is 3.06. The molecule has 0 bridgehead atoms. The summed E-state index contributed by atoms with van der Waals surface area (Å²) in [6.45, 7) is 10.8. The molecule has 0 fully saturated rings. The predicted molar refractivity (Wildman–Crippen MR) is 206 cm³/mol. The Morgan fingerprint density at radius 2 is 0.500 bits per heavy atom. The van der Waals surface area contributed by atoms with E-state index >= 15 is 0 Å². The minimum atomic E-state index is 0.163. The summed E-state index contributed by atoms with van der Waals surface area (Å²) in [7, 11) is 0. The summed E-state index contributed by atoms with van der Waals surface area (Å²) in [6.07, 6.45) is 45.4. The zero-order chi connectivity index (χ0) is 33.6. The van der Waals surface area contributed by atoms with Crippen LogP contribution in [-0.4, -0.2) is 65.6 Å². The molecule has 0 aliphatic rings. The molecule has 0 heterocycles. The molecule has 46 heavy (non-hydrogen) atoms. The van der Waals surface area contributed by atoms with Gasteiger partial charge in [0.2, 0.25) is 0 Å². The van der Waals surface area contributed by atoms with Gasteiger partial charge in [-0.05, 0) is 32.9 Å². The van der Waals surface area contributed by atoms with Gasteiger partial charge in [-0.1, -0.05) is 206 Å². The van der Waals surface area contributed by atoms with Gasteiger partial charge in [-0.15, -0.1) is 0 Å². The van der Waals surface area contributed by atoms with Gasteiger partial charge in [0.25, 0.3) is 0 Å². The molecule has 0 aliphatic heterocycles. The quantitative estimate of drug-likeness (QED) is 0.0511. The third kappa shape index (κ3) is 32.4. The Morgan fingerprint density at radius 1 is 0.304 bits per heavy atom. The van der Waals surface area contributed by atoms with Crippen LogP contribution in [0.15, 0.2) is 0 Å². The highest BCUT2D eigenvalue weighted by Crippen LogP contribution is 2.17. The summed E-state index contributed by atoms with van der Waals surface area (Å²) in [5, 5.41) is 19.2. The smallest absolute Gasteiger partial charge is 0.0595 e. The number of rotatable bonds is 40. The molecule has 0 aliphatic carbocycles. The molecule has 0 saturated carbocycles. The Labute approximate surface area is 291 Å². The molecule has 0 amide bonds. The molecule has 0 spiro atoms. The minimum Gasteiger partial charge on any atom is -0.395 e. The lowest BCUT2D eigenvalue weighted by molar-refractivity contribution is 0.0287. The van der Waals surface area contributed by atoms with Crippen LogP contribution in [0.2, 0.25) is 0 Å². The molecule has 1 atom stereocenters. The van der Waals surface area contributed by atoms with Gasteiger partial charge in [0.1, 0.15) is 0 Å². The van der Waals surface area contributed by atoms with Gasteiger partial charge >= 0.3 is 0 Å². The van der Waals surface area contributed by atoms with Gasteiger partial charge in [0, 0.05) is 13.1 Å². The van der Waals surface area contributed by atoms with Crippen LogP contribution < -0.4 is 0 Å². The summed E-state index contributed by atoms with van der Waals surface area (Å²) in [5.41, 5.74) is 0. The lowest BCUT2D eigenvalue weighted by atomic mass is 10.0. The molecular weight excluding hydrogens is 564 g/mol. The van der Waals surface area contributed by atoms with E-state index in [1.807, 2.05) is 0 Å². The van der Waals surface area contributed by atoms with E-state index in [9.17, 15) is 10.2 Å². The van der Waals surface area contributed by atoms with Crippen LogP contribution in [0.25, 0.3) is 0 Å². The SMILES string of the molecule is CCCCCCCCCCCCCCCCCCN(CCCCCCCCCCCCCCCCCC)C(C)N(CCO)CCO. The van der Waals surface area contributed by atoms with Crippen LogP contribution in [-0.2, 0) is 0 Å². The second-order valence-corrected chi connectivity index (χ2v) is 14.8. The molecule has 0 aromatic rings. The summed E-state index contributed by atoms with van der Waals surface area (Å²) in [6, 6.07) is 0. The van der Waals surface area contributed by atoms with E-state index in [0.717, 1.165) is 13.1 Å². The van der Waals surface area contributed by atoms with Gasteiger partial charge in [0.15, 0.2) is 0 Å². The van der Waals surface area contributed by atoms with E-state index in [4.69, 9.17) is 0 Å². The fraction of sp³-hybridized carbons (Fsp3) is 1.00. The summed E-state index contributed by atoms with van der Waals surface area (Å²) >= 11 is 0. The molecular formula is C42H88N2O2. The molecule has 0 radical (unpaired) electrons. The monoisotopic (exact) mass is 653 g/mol. The fourth-order valence-electron chi connectivity index (χ4n) is 7.18. The zero-order valence-electron chi connectivity index (χ0n) is 32.2. The van der Waals surface area contributed by atoms with Crippen molar-refractivity contribution >= 4 is 0 Å². The van der Waals surface area contributed by atoms with Crippen LogP contribution in [0.4, 0.5) is 0 Å². The molecule has 0 rings (SSSR count). The highest BCUT2D eigenvalue weighted by atomic mass is 16.3. The van der Waals surface area contributed by atoms with E-state index in [2.05, 4.69) is 30.6 Å².